The topological polar surface area (TPSA) is 24.2 Å². The molecule has 0 saturated carbocycles. The molecule has 0 radical (unpaired) electrons. The molecule has 0 amide bonds. The molecule has 234 valence electrons. The van der Waals surface area contributed by atoms with E-state index in [0.717, 1.165) is 46.7 Å². The Morgan fingerprint density at radius 1 is 0.388 bits per heavy atom. The van der Waals surface area contributed by atoms with Gasteiger partial charge in [0.05, 0.1) is 13.1 Å². The Morgan fingerprint density at radius 2 is 0.694 bits per heavy atom. The molecule has 6 nitrogen and oxygen atoms in total. The Balaban J connectivity index is 0.00000417. The number of hydrogen-bond acceptors (Lipinski definition) is 0. The second-order valence-corrected chi connectivity index (χ2v) is 11.5. The van der Waals surface area contributed by atoms with Crippen LogP contribution in [-0.4, -0.2) is 0 Å². The van der Waals surface area contributed by atoms with Gasteiger partial charge in [-0.25, -0.2) is 18.8 Å². The van der Waals surface area contributed by atoms with Gasteiger partial charge in [-0.1, -0.05) is 56.0 Å². The molecule has 49 heavy (non-hydrogen) atoms. The molecule has 0 aliphatic rings. The number of rotatable bonds is 8. The average molecular weight is 637 g/mol. The first-order chi connectivity index (χ1) is 23.7. The zero-order valence-corrected chi connectivity index (χ0v) is 26.3. The van der Waals surface area contributed by atoms with Gasteiger partial charge in [0, 0.05) is 59.7 Å². The van der Waals surface area contributed by atoms with Gasteiger partial charge >= 0.3 is 0 Å². The van der Waals surface area contributed by atoms with E-state index >= 15 is 0 Å². The van der Waals surface area contributed by atoms with E-state index in [1.165, 1.54) is 11.1 Å². The summed E-state index contributed by atoms with van der Waals surface area (Å²) in [6.07, 6.45) is 16.6. The van der Waals surface area contributed by atoms with Crippen LogP contribution in [0.4, 0.5) is 11.4 Å². The minimum atomic E-state index is 0. The maximum absolute atomic E-state index is 7.46. The van der Waals surface area contributed by atoms with Gasteiger partial charge in [0.1, 0.15) is 0 Å². The normalized spacial score (nSPS) is 10.4. The van der Waals surface area contributed by atoms with Crippen LogP contribution in [0.25, 0.3) is 43.3 Å². The molecule has 0 unspecified atom stereocenters. The highest BCUT2D eigenvalue weighted by atomic mass is 15.0. The third-order valence-corrected chi connectivity index (χ3v) is 8.49. The van der Waals surface area contributed by atoms with E-state index in [0.29, 0.717) is 11.4 Å². The second-order valence-electron chi connectivity index (χ2n) is 11.5. The van der Waals surface area contributed by atoms with E-state index in [1.807, 2.05) is 82.5 Å². The van der Waals surface area contributed by atoms with Gasteiger partial charge in [-0.3, -0.25) is 0 Å². The molecule has 0 spiro atoms. The Morgan fingerprint density at radius 3 is 1.04 bits per heavy atom. The molecule has 0 aliphatic heterocycles. The fourth-order valence-corrected chi connectivity index (χ4v) is 5.88. The van der Waals surface area contributed by atoms with Crippen LogP contribution in [0.5, 0.6) is 0 Å². The standard InChI is InChI=1S/C42H32N6.CH4/c1-43-39-11-5-7-13-41(39)47-27-19-35(20-28-47)33-15-23-45(24-16-33)31-37-9-3-4-10-38(37)32-46-25-17-34(18-26-46)36-21-29-48(30-22-36)42-14-8-6-12-40(42)44-2;/h3-30H,31-32H2;1H4/q+4;. The molecule has 3 aromatic carbocycles. The van der Waals surface area contributed by atoms with Gasteiger partial charge in [-0.2, -0.15) is 9.13 Å². The molecular formula is C43H36N6+4. The summed E-state index contributed by atoms with van der Waals surface area (Å²) in [7, 11) is 0. The van der Waals surface area contributed by atoms with Crippen molar-refractivity contribution in [2.24, 2.45) is 0 Å². The number of pyridine rings is 4. The minimum Gasteiger partial charge on any atom is -0.231 e. The molecule has 0 atom stereocenters. The van der Waals surface area contributed by atoms with Gasteiger partial charge in [-0.05, 0) is 46.5 Å². The summed E-state index contributed by atoms with van der Waals surface area (Å²) in [4.78, 5) is 7.30. The number of hydrogen-bond donors (Lipinski definition) is 0. The molecule has 0 fully saturated rings. The zero-order chi connectivity index (χ0) is 32.7. The Hall–Kier alpha value is -6.76. The van der Waals surface area contributed by atoms with Crippen molar-refractivity contribution in [2.75, 3.05) is 0 Å². The van der Waals surface area contributed by atoms with Crippen molar-refractivity contribution in [2.45, 2.75) is 20.5 Å². The summed E-state index contributed by atoms with van der Waals surface area (Å²) in [5.41, 5.74) is 10.1. The highest BCUT2D eigenvalue weighted by Crippen LogP contribution is 2.22. The molecule has 4 heterocycles. The monoisotopic (exact) mass is 636 g/mol. The summed E-state index contributed by atoms with van der Waals surface area (Å²) in [6.45, 7) is 16.5. The fourth-order valence-electron chi connectivity index (χ4n) is 5.88. The van der Waals surface area contributed by atoms with E-state index in [4.69, 9.17) is 13.1 Å². The van der Waals surface area contributed by atoms with Crippen molar-refractivity contribution in [3.8, 4) is 33.6 Å². The lowest BCUT2D eigenvalue weighted by Gasteiger charge is -2.06. The summed E-state index contributed by atoms with van der Waals surface area (Å²) in [6, 6.07) is 40.8. The van der Waals surface area contributed by atoms with Crippen LogP contribution >= 0.6 is 0 Å². The number of aromatic nitrogens is 4. The summed E-state index contributed by atoms with van der Waals surface area (Å²) < 4.78 is 8.39. The van der Waals surface area contributed by atoms with Crippen LogP contribution in [0.1, 0.15) is 18.6 Å². The fraction of sp³-hybridized carbons (Fsp3) is 0.0698. The first kappa shape index (κ1) is 32.2. The van der Waals surface area contributed by atoms with Crippen LogP contribution in [-0.2, 0) is 13.1 Å². The summed E-state index contributed by atoms with van der Waals surface area (Å²) in [5, 5.41) is 0. The zero-order valence-electron chi connectivity index (χ0n) is 26.3. The highest BCUT2D eigenvalue weighted by molar-refractivity contribution is 5.63. The van der Waals surface area contributed by atoms with Crippen LogP contribution in [0.2, 0.25) is 0 Å². The van der Waals surface area contributed by atoms with Crippen LogP contribution in [0.15, 0.2) is 171 Å². The number of benzene rings is 3. The van der Waals surface area contributed by atoms with Gasteiger partial charge in [0.2, 0.25) is 11.4 Å². The smallest absolute Gasteiger partial charge is 0.231 e. The Labute approximate surface area is 288 Å². The van der Waals surface area contributed by atoms with E-state index in [9.17, 15) is 0 Å². The molecular weight excluding hydrogens is 601 g/mol. The van der Waals surface area contributed by atoms with Gasteiger partial charge in [0.25, 0.3) is 11.4 Å². The van der Waals surface area contributed by atoms with E-state index < -0.39 is 0 Å². The van der Waals surface area contributed by atoms with Crippen molar-refractivity contribution in [1.82, 2.24) is 0 Å². The minimum absolute atomic E-state index is 0. The van der Waals surface area contributed by atoms with Crippen LogP contribution in [0, 0.1) is 13.1 Å². The number of nitrogens with zero attached hydrogens (tertiary/aromatic N) is 6. The predicted molar refractivity (Wildman–Crippen MR) is 191 cm³/mol. The predicted octanol–water partition coefficient (Wildman–Crippen LogP) is 7.98. The molecule has 7 aromatic rings. The first-order valence-corrected chi connectivity index (χ1v) is 15.7. The quantitative estimate of drug-likeness (QED) is 0.119. The van der Waals surface area contributed by atoms with Gasteiger partial charge < -0.3 is 0 Å². The van der Waals surface area contributed by atoms with Crippen molar-refractivity contribution in [3.63, 3.8) is 0 Å². The van der Waals surface area contributed by atoms with Crippen LogP contribution < -0.4 is 18.3 Å². The van der Waals surface area contributed by atoms with Crippen molar-refractivity contribution >= 4 is 11.4 Å². The molecule has 0 saturated heterocycles. The summed E-state index contributed by atoms with van der Waals surface area (Å²) in [5.74, 6) is 0. The lowest BCUT2D eigenvalue weighted by atomic mass is 10.1. The highest BCUT2D eigenvalue weighted by Gasteiger charge is 2.16. The van der Waals surface area contributed by atoms with Gasteiger partial charge in [-0.15, -0.1) is 0 Å². The molecule has 6 heteroatoms. The van der Waals surface area contributed by atoms with Crippen molar-refractivity contribution in [3.05, 3.63) is 205 Å². The third-order valence-electron chi connectivity index (χ3n) is 8.49. The Kier molecular flexibility index (Phi) is 9.70. The molecule has 0 aliphatic carbocycles. The Bertz CT molecular complexity index is 2110. The van der Waals surface area contributed by atoms with Gasteiger partial charge in [0.15, 0.2) is 62.7 Å². The molecule has 0 N–H and O–H groups in total. The van der Waals surface area contributed by atoms with Crippen LogP contribution in [0.3, 0.4) is 0 Å². The van der Waals surface area contributed by atoms with E-state index in [1.54, 1.807) is 0 Å². The van der Waals surface area contributed by atoms with Crippen molar-refractivity contribution in [1.29, 1.82) is 0 Å². The second kappa shape index (κ2) is 14.8. The SMILES string of the molecule is C.[C-]#[N+]c1ccccc1-[n+]1ccc(-c2cc[n+](Cc3ccccc3C[n+]3ccc(-c4cc[n+](-c5ccccc5[N+]#[C-])cc4)cc3)cc2)cc1. The molecule has 0 bridgehead atoms. The lowest BCUT2D eigenvalue weighted by molar-refractivity contribution is -0.693. The largest absolute Gasteiger partial charge is 0.256 e. The lowest BCUT2D eigenvalue weighted by Crippen LogP contribution is -2.36. The number of para-hydroxylation sites is 4. The maximum atomic E-state index is 7.46. The summed E-state index contributed by atoms with van der Waals surface area (Å²) >= 11 is 0. The maximum Gasteiger partial charge on any atom is 0.256 e. The molecule has 4 aromatic heterocycles. The van der Waals surface area contributed by atoms with E-state index in [2.05, 4.69) is 116 Å². The first-order valence-electron chi connectivity index (χ1n) is 15.7. The molecule has 7 rings (SSSR count). The third kappa shape index (κ3) is 7.15. The average Bonchev–Trinajstić information content (AvgIpc) is 3.16. The van der Waals surface area contributed by atoms with Crippen molar-refractivity contribution < 1.29 is 18.3 Å². The van der Waals surface area contributed by atoms with E-state index in [-0.39, 0.29) is 7.43 Å².